The quantitative estimate of drug-likeness (QED) is 0.718. The summed E-state index contributed by atoms with van der Waals surface area (Å²) in [6, 6.07) is 12.3. The van der Waals surface area contributed by atoms with E-state index < -0.39 is 0 Å². The van der Waals surface area contributed by atoms with Gasteiger partial charge in [0.1, 0.15) is 0 Å². The standard InChI is InChI=1S/C17H18N2OS/c20-17(8-7-14-4-3-11-21-14)18-10-9-13-12-19-16-6-2-1-5-15(13)16/h1-6,11-12,19H,7-10H2,(H,18,20). The molecular formula is C17H18N2OS. The number of rotatable bonds is 6. The molecule has 0 radical (unpaired) electrons. The maximum absolute atomic E-state index is 11.8. The van der Waals surface area contributed by atoms with Gasteiger partial charge in [0.15, 0.2) is 0 Å². The molecule has 0 saturated carbocycles. The number of carbonyl (C=O) groups excluding carboxylic acids is 1. The lowest BCUT2D eigenvalue weighted by atomic mass is 10.1. The Morgan fingerprint density at radius 2 is 2.05 bits per heavy atom. The SMILES string of the molecule is O=C(CCc1cccs1)NCCc1c[nH]c2ccccc12. The molecule has 3 rings (SSSR count). The lowest BCUT2D eigenvalue weighted by molar-refractivity contribution is -0.121. The van der Waals surface area contributed by atoms with Crippen LogP contribution in [0.15, 0.2) is 48.0 Å². The molecule has 2 heterocycles. The van der Waals surface area contributed by atoms with Gasteiger partial charge >= 0.3 is 0 Å². The van der Waals surface area contributed by atoms with E-state index >= 15 is 0 Å². The molecule has 0 fully saturated rings. The summed E-state index contributed by atoms with van der Waals surface area (Å²) >= 11 is 1.70. The van der Waals surface area contributed by atoms with Gasteiger partial charge in [0.25, 0.3) is 0 Å². The van der Waals surface area contributed by atoms with Crippen LogP contribution in [0.3, 0.4) is 0 Å². The van der Waals surface area contributed by atoms with Gasteiger partial charge in [-0.15, -0.1) is 11.3 Å². The maximum atomic E-state index is 11.8. The summed E-state index contributed by atoms with van der Waals surface area (Å²) in [7, 11) is 0. The molecule has 21 heavy (non-hydrogen) atoms. The minimum Gasteiger partial charge on any atom is -0.361 e. The van der Waals surface area contributed by atoms with Gasteiger partial charge in [-0.05, 0) is 35.9 Å². The van der Waals surface area contributed by atoms with Crippen LogP contribution in [0.1, 0.15) is 16.9 Å². The Morgan fingerprint density at radius 1 is 1.14 bits per heavy atom. The van der Waals surface area contributed by atoms with E-state index in [1.165, 1.54) is 15.8 Å². The molecule has 0 atom stereocenters. The van der Waals surface area contributed by atoms with Crippen molar-refractivity contribution in [1.29, 1.82) is 0 Å². The summed E-state index contributed by atoms with van der Waals surface area (Å²) < 4.78 is 0. The van der Waals surface area contributed by atoms with Gasteiger partial charge in [0.2, 0.25) is 5.91 Å². The zero-order chi connectivity index (χ0) is 14.5. The average molecular weight is 298 g/mol. The van der Waals surface area contributed by atoms with Crippen molar-refractivity contribution < 1.29 is 4.79 Å². The van der Waals surface area contributed by atoms with Crippen LogP contribution in [0.25, 0.3) is 10.9 Å². The number of nitrogens with one attached hydrogen (secondary N) is 2. The van der Waals surface area contributed by atoms with Crippen molar-refractivity contribution in [2.45, 2.75) is 19.3 Å². The molecule has 108 valence electrons. The molecule has 3 nitrogen and oxygen atoms in total. The third kappa shape index (κ3) is 3.52. The van der Waals surface area contributed by atoms with Gasteiger partial charge in [-0.1, -0.05) is 24.3 Å². The Bertz CT molecular complexity index is 715. The Hall–Kier alpha value is -2.07. The fourth-order valence-corrected chi connectivity index (χ4v) is 3.16. The molecule has 0 saturated heterocycles. The second-order valence-corrected chi connectivity index (χ2v) is 6.07. The summed E-state index contributed by atoms with van der Waals surface area (Å²) in [6.45, 7) is 0.686. The fourth-order valence-electron chi connectivity index (χ4n) is 2.45. The molecule has 4 heteroatoms. The van der Waals surface area contributed by atoms with Crippen molar-refractivity contribution >= 4 is 28.1 Å². The van der Waals surface area contributed by atoms with E-state index in [1.807, 2.05) is 29.8 Å². The van der Waals surface area contributed by atoms with E-state index in [4.69, 9.17) is 0 Å². The number of H-pyrrole nitrogens is 1. The molecule has 3 aromatic rings. The van der Waals surface area contributed by atoms with E-state index in [-0.39, 0.29) is 5.91 Å². The molecular weight excluding hydrogens is 280 g/mol. The largest absolute Gasteiger partial charge is 0.361 e. The second-order valence-electron chi connectivity index (χ2n) is 5.04. The molecule has 0 aliphatic carbocycles. The van der Waals surface area contributed by atoms with Gasteiger partial charge in [-0.3, -0.25) is 4.79 Å². The smallest absolute Gasteiger partial charge is 0.220 e. The van der Waals surface area contributed by atoms with Crippen LogP contribution in [0.5, 0.6) is 0 Å². The first kappa shape index (κ1) is 13.9. The minimum atomic E-state index is 0.128. The molecule has 0 unspecified atom stereocenters. The first-order valence-corrected chi connectivity index (χ1v) is 8.05. The summed E-state index contributed by atoms with van der Waals surface area (Å²) in [4.78, 5) is 16.3. The van der Waals surface area contributed by atoms with Gasteiger partial charge < -0.3 is 10.3 Å². The van der Waals surface area contributed by atoms with Crippen molar-refractivity contribution in [3.8, 4) is 0 Å². The zero-order valence-corrected chi connectivity index (χ0v) is 12.6. The normalized spacial score (nSPS) is 10.9. The van der Waals surface area contributed by atoms with E-state index in [0.29, 0.717) is 13.0 Å². The van der Waals surface area contributed by atoms with E-state index in [1.54, 1.807) is 11.3 Å². The van der Waals surface area contributed by atoms with Gasteiger partial charge in [-0.2, -0.15) is 0 Å². The predicted octanol–water partition coefficient (Wildman–Crippen LogP) is 3.52. The number of benzene rings is 1. The first-order valence-electron chi connectivity index (χ1n) is 7.17. The highest BCUT2D eigenvalue weighted by Gasteiger charge is 2.05. The predicted molar refractivity (Wildman–Crippen MR) is 87.7 cm³/mol. The van der Waals surface area contributed by atoms with Crippen LogP contribution in [-0.4, -0.2) is 17.4 Å². The minimum absolute atomic E-state index is 0.128. The summed E-state index contributed by atoms with van der Waals surface area (Å²) in [5.74, 6) is 0.128. The van der Waals surface area contributed by atoms with Crippen LogP contribution in [-0.2, 0) is 17.6 Å². The number of amides is 1. The number of aryl methyl sites for hydroxylation is 1. The number of fused-ring (bicyclic) bond motifs is 1. The highest BCUT2D eigenvalue weighted by Crippen LogP contribution is 2.17. The summed E-state index contributed by atoms with van der Waals surface area (Å²) in [5.41, 5.74) is 2.40. The van der Waals surface area contributed by atoms with Gasteiger partial charge in [-0.25, -0.2) is 0 Å². The van der Waals surface area contributed by atoms with Crippen LogP contribution < -0.4 is 5.32 Å². The van der Waals surface area contributed by atoms with Gasteiger partial charge in [0.05, 0.1) is 0 Å². The molecule has 2 aromatic heterocycles. The number of para-hydroxylation sites is 1. The Kier molecular flexibility index (Phi) is 4.36. The third-order valence-electron chi connectivity index (χ3n) is 3.57. The number of aromatic amines is 1. The number of aromatic nitrogens is 1. The Balaban J connectivity index is 1.46. The van der Waals surface area contributed by atoms with E-state index in [0.717, 1.165) is 18.4 Å². The summed E-state index contributed by atoms with van der Waals surface area (Å²) in [6.07, 6.45) is 4.28. The molecule has 0 aliphatic heterocycles. The van der Waals surface area contributed by atoms with Crippen LogP contribution in [0.2, 0.25) is 0 Å². The average Bonchev–Trinajstić information content (AvgIpc) is 3.15. The molecule has 1 amide bonds. The lowest BCUT2D eigenvalue weighted by Gasteiger charge is -2.04. The molecule has 1 aromatic carbocycles. The fraction of sp³-hybridized carbons (Fsp3) is 0.235. The third-order valence-corrected chi connectivity index (χ3v) is 4.51. The zero-order valence-electron chi connectivity index (χ0n) is 11.8. The van der Waals surface area contributed by atoms with Crippen molar-refractivity contribution in [2.75, 3.05) is 6.54 Å². The van der Waals surface area contributed by atoms with Gasteiger partial charge in [0, 0.05) is 34.9 Å². The van der Waals surface area contributed by atoms with Crippen LogP contribution in [0.4, 0.5) is 0 Å². The van der Waals surface area contributed by atoms with E-state index in [9.17, 15) is 4.79 Å². The topological polar surface area (TPSA) is 44.9 Å². The first-order chi connectivity index (χ1) is 10.3. The molecule has 0 aliphatic rings. The van der Waals surface area contributed by atoms with Crippen molar-refractivity contribution in [3.05, 3.63) is 58.4 Å². The molecule has 0 bridgehead atoms. The van der Waals surface area contributed by atoms with E-state index in [2.05, 4.69) is 28.5 Å². The number of thiophene rings is 1. The van der Waals surface area contributed by atoms with Crippen LogP contribution in [0, 0.1) is 0 Å². The van der Waals surface area contributed by atoms with Crippen LogP contribution >= 0.6 is 11.3 Å². The van der Waals surface area contributed by atoms with Crippen molar-refractivity contribution in [2.24, 2.45) is 0 Å². The van der Waals surface area contributed by atoms with Crippen molar-refractivity contribution in [1.82, 2.24) is 10.3 Å². The molecule has 0 spiro atoms. The van der Waals surface area contributed by atoms with Crippen molar-refractivity contribution in [3.63, 3.8) is 0 Å². The summed E-state index contributed by atoms with van der Waals surface area (Å²) in [5, 5.41) is 6.29. The molecule has 2 N–H and O–H groups in total. The Morgan fingerprint density at radius 3 is 2.90 bits per heavy atom. The Labute approximate surface area is 128 Å². The number of hydrogen-bond acceptors (Lipinski definition) is 2. The number of hydrogen-bond donors (Lipinski definition) is 2. The highest BCUT2D eigenvalue weighted by atomic mass is 32.1. The maximum Gasteiger partial charge on any atom is 0.220 e. The highest BCUT2D eigenvalue weighted by molar-refractivity contribution is 7.09. The lowest BCUT2D eigenvalue weighted by Crippen LogP contribution is -2.25. The number of carbonyl (C=O) groups is 1. The monoisotopic (exact) mass is 298 g/mol. The second kappa shape index (κ2) is 6.59.